The van der Waals surface area contributed by atoms with Crippen molar-refractivity contribution in [2.24, 2.45) is 0 Å². The third kappa shape index (κ3) is 10.4. The van der Waals surface area contributed by atoms with Crippen LogP contribution in [0.2, 0.25) is 0 Å². The highest BCUT2D eigenvalue weighted by Crippen LogP contribution is 2.34. The van der Waals surface area contributed by atoms with Gasteiger partial charge in [-0.25, -0.2) is 4.79 Å². The third-order valence-electron chi connectivity index (χ3n) is 9.25. The topological polar surface area (TPSA) is 310 Å². The summed E-state index contributed by atoms with van der Waals surface area (Å²) in [6.45, 7) is 1.21. The Balaban J connectivity index is 1.49. The molecule has 20 heteroatoms. The van der Waals surface area contributed by atoms with Gasteiger partial charge in [0.2, 0.25) is 0 Å². The second-order valence-electron chi connectivity index (χ2n) is 13.4. The van der Waals surface area contributed by atoms with Crippen LogP contribution in [0, 0.1) is 0 Å². The summed E-state index contributed by atoms with van der Waals surface area (Å²) in [6, 6.07) is 7.79. The molecule has 14 atom stereocenters. The second kappa shape index (κ2) is 18.9. The van der Waals surface area contributed by atoms with E-state index in [1.165, 1.54) is 43.3 Å². The Morgan fingerprint density at radius 3 is 2.09 bits per heavy atom. The first kappa shape index (κ1) is 43.0. The Morgan fingerprint density at radius 2 is 1.41 bits per heavy atom. The molecule has 14 unspecified atom stereocenters. The molecule has 3 fully saturated rings. The van der Waals surface area contributed by atoms with Gasteiger partial charge in [-0.15, -0.1) is 0 Å². The number of esters is 2. The Kier molecular flexibility index (Phi) is 14.5. The molecular formula is C36H46O20. The maximum atomic E-state index is 13.4. The van der Waals surface area contributed by atoms with Gasteiger partial charge in [0.25, 0.3) is 0 Å². The van der Waals surface area contributed by atoms with Gasteiger partial charge >= 0.3 is 11.9 Å². The SMILES string of the molecule is CC(=O)OC1C(OCCc2ccc(O)c(O)c2)OC(COC2OCC(O)C(O)C2O)C(OC(=O)/C=C/c2ccc(O)c(O)c2)C1OC1OC(C)C(O)C(O)C1O. The number of aliphatic hydroxyl groups excluding tert-OH is 6. The molecule has 0 spiro atoms. The van der Waals surface area contributed by atoms with E-state index < -0.39 is 128 Å². The van der Waals surface area contributed by atoms with E-state index in [1.807, 2.05) is 0 Å². The van der Waals surface area contributed by atoms with Crippen LogP contribution in [0.25, 0.3) is 6.08 Å². The van der Waals surface area contributed by atoms with Gasteiger partial charge in [0.05, 0.1) is 25.9 Å². The predicted molar refractivity (Wildman–Crippen MR) is 183 cm³/mol. The van der Waals surface area contributed by atoms with Gasteiger partial charge in [-0.05, 0) is 54.8 Å². The number of ether oxygens (including phenoxy) is 8. The Hall–Kier alpha value is -4.16. The summed E-state index contributed by atoms with van der Waals surface area (Å²) < 4.78 is 46.4. The largest absolute Gasteiger partial charge is 0.504 e. The first-order chi connectivity index (χ1) is 26.5. The van der Waals surface area contributed by atoms with Crippen LogP contribution in [-0.2, 0) is 53.9 Å². The Bertz CT molecular complexity index is 1670. The van der Waals surface area contributed by atoms with Gasteiger partial charge in [-0.1, -0.05) is 12.1 Å². The molecule has 310 valence electrons. The molecule has 3 aliphatic rings. The van der Waals surface area contributed by atoms with E-state index in [0.29, 0.717) is 5.56 Å². The number of phenols is 4. The fourth-order valence-electron chi connectivity index (χ4n) is 6.16. The van der Waals surface area contributed by atoms with Gasteiger partial charge < -0.3 is 89.0 Å². The number of benzene rings is 2. The number of hydrogen-bond acceptors (Lipinski definition) is 20. The van der Waals surface area contributed by atoms with Crippen molar-refractivity contribution in [2.45, 2.75) is 106 Å². The van der Waals surface area contributed by atoms with Crippen molar-refractivity contribution in [3.63, 3.8) is 0 Å². The zero-order valence-electron chi connectivity index (χ0n) is 30.1. The van der Waals surface area contributed by atoms with Crippen molar-refractivity contribution in [1.29, 1.82) is 0 Å². The molecule has 2 aromatic rings. The summed E-state index contributed by atoms with van der Waals surface area (Å²) in [6.07, 6.45) is -20.2. The maximum Gasteiger partial charge on any atom is 0.331 e. The smallest absolute Gasteiger partial charge is 0.331 e. The minimum absolute atomic E-state index is 0.109. The molecule has 0 saturated carbocycles. The van der Waals surface area contributed by atoms with Crippen molar-refractivity contribution in [1.82, 2.24) is 0 Å². The van der Waals surface area contributed by atoms with Crippen molar-refractivity contribution in [2.75, 3.05) is 19.8 Å². The van der Waals surface area contributed by atoms with E-state index in [-0.39, 0.29) is 24.3 Å². The lowest BCUT2D eigenvalue weighted by molar-refractivity contribution is -0.362. The summed E-state index contributed by atoms with van der Waals surface area (Å²) in [5, 5.41) is 102. The average molecular weight is 799 g/mol. The molecule has 20 nitrogen and oxygen atoms in total. The fourth-order valence-corrected chi connectivity index (χ4v) is 6.16. The number of aromatic hydroxyl groups is 4. The highest BCUT2D eigenvalue weighted by Gasteiger charge is 2.55. The fraction of sp³-hybridized carbons (Fsp3) is 0.556. The number of phenolic OH excluding ortho intramolecular Hbond substituents is 4. The van der Waals surface area contributed by atoms with Gasteiger partial charge in [-0.3, -0.25) is 4.79 Å². The molecule has 3 heterocycles. The first-order valence-electron chi connectivity index (χ1n) is 17.5. The monoisotopic (exact) mass is 798 g/mol. The molecule has 0 aliphatic carbocycles. The number of rotatable bonds is 13. The zero-order chi connectivity index (χ0) is 40.8. The van der Waals surface area contributed by atoms with Gasteiger partial charge in [0.1, 0.15) is 48.8 Å². The lowest BCUT2D eigenvalue weighted by atomic mass is 9.96. The van der Waals surface area contributed by atoms with Crippen LogP contribution in [0.4, 0.5) is 0 Å². The van der Waals surface area contributed by atoms with Crippen LogP contribution in [-0.4, -0.2) is 169 Å². The van der Waals surface area contributed by atoms with Crippen LogP contribution in [0.3, 0.4) is 0 Å². The number of hydrogen-bond donors (Lipinski definition) is 10. The molecule has 0 bridgehead atoms. The van der Waals surface area contributed by atoms with Crippen molar-refractivity contribution in [3.05, 3.63) is 53.6 Å². The van der Waals surface area contributed by atoms with E-state index in [0.717, 1.165) is 19.1 Å². The van der Waals surface area contributed by atoms with Gasteiger partial charge in [0, 0.05) is 13.0 Å². The number of aliphatic hydroxyl groups is 6. The van der Waals surface area contributed by atoms with E-state index in [1.54, 1.807) is 0 Å². The van der Waals surface area contributed by atoms with Crippen molar-refractivity contribution in [3.8, 4) is 23.0 Å². The van der Waals surface area contributed by atoms with E-state index in [2.05, 4.69) is 0 Å². The maximum absolute atomic E-state index is 13.4. The highest BCUT2D eigenvalue weighted by atomic mass is 16.8. The van der Waals surface area contributed by atoms with E-state index in [4.69, 9.17) is 37.9 Å². The standard InChI is InChI=1S/C36H46O20/c1-15-26(44)28(46)30(48)35(52-15)56-32-31(55-25(43)8-5-17-3-6-19(38)21(40)11-17)24(14-51-34-29(47)27(45)23(42)13-50-34)54-36(33(32)53-16(2)37)49-10-9-18-4-7-20(39)22(41)12-18/h3-8,11-12,15,23-24,26-36,38-42,44-48H,9-10,13-14H2,1-2H3/b8-5+. The van der Waals surface area contributed by atoms with Crippen LogP contribution in [0.15, 0.2) is 42.5 Å². The third-order valence-corrected chi connectivity index (χ3v) is 9.25. The quantitative estimate of drug-likeness (QED) is 0.0596. The molecule has 0 aromatic heterocycles. The van der Waals surface area contributed by atoms with Crippen LogP contribution in [0.1, 0.15) is 25.0 Å². The van der Waals surface area contributed by atoms with E-state index >= 15 is 0 Å². The Morgan fingerprint density at radius 1 is 0.732 bits per heavy atom. The van der Waals surface area contributed by atoms with Gasteiger partial charge in [0.15, 0.2) is 54.1 Å². The van der Waals surface area contributed by atoms with Crippen LogP contribution in [0.5, 0.6) is 23.0 Å². The first-order valence-corrected chi connectivity index (χ1v) is 17.5. The highest BCUT2D eigenvalue weighted by molar-refractivity contribution is 5.87. The molecule has 10 N–H and O–H groups in total. The summed E-state index contributed by atoms with van der Waals surface area (Å²) in [7, 11) is 0. The van der Waals surface area contributed by atoms with Crippen LogP contribution >= 0.6 is 0 Å². The summed E-state index contributed by atoms with van der Waals surface area (Å²) in [4.78, 5) is 26.0. The molecule has 0 amide bonds. The number of carbonyl (C=O) groups is 2. The summed E-state index contributed by atoms with van der Waals surface area (Å²) in [5.74, 6) is -3.59. The normalized spacial score (nSPS) is 34.9. The lowest BCUT2D eigenvalue weighted by Gasteiger charge is -2.47. The minimum atomic E-state index is -1.89. The second-order valence-corrected chi connectivity index (χ2v) is 13.4. The zero-order valence-corrected chi connectivity index (χ0v) is 30.1. The molecule has 2 aromatic carbocycles. The predicted octanol–water partition coefficient (Wildman–Crippen LogP) is -1.98. The molecule has 56 heavy (non-hydrogen) atoms. The van der Waals surface area contributed by atoms with E-state index in [9.17, 15) is 60.7 Å². The lowest BCUT2D eigenvalue weighted by Crippen LogP contribution is -2.66. The Labute approximate surface area is 319 Å². The van der Waals surface area contributed by atoms with Gasteiger partial charge in [-0.2, -0.15) is 0 Å². The molecular weight excluding hydrogens is 752 g/mol. The molecule has 0 radical (unpaired) electrons. The summed E-state index contributed by atoms with van der Waals surface area (Å²) in [5.41, 5.74) is 0.778. The molecule has 3 aliphatic heterocycles. The van der Waals surface area contributed by atoms with Crippen molar-refractivity contribution < 1.29 is 98.5 Å². The summed E-state index contributed by atoms with van der Waals surface area (Å²) >= 11 is 0. The van der Waals surface area contributed by atoms with Crippen LogP contribution < -0.4 is 0 Å². The van der Waals surface area contributed by atoms with Crippen molar-refractivity contribution >= 4 is 18.0 Å². The molecule has 3 saturated heterocycles. The molecule has 5 rings (SSSR count). The minimum Gasteiger partial charge on any atom is -0.504 e. The average Bonchev–Trinajstić information content (AvgIpc) is 3.15. The number of carbonyl (C=O) groups excluding carboxylic acids is 2.